The molecule has 0 N–H and O–H groups in total. The van der Waals surface area contributed by atoms with Gasteiger partial charge < -0.3 is 34.0 Å². The highest BCUT2D eigenvalue weighted by Crippen LogP contribution is 2.50. The summed E-state index contributed by atoms with van der Waals surface area (Å²) in [6, 6.07) is 115. The first kappa shape index (κ1) is 50.1. The van der Waals surface area contributed by atoms with Crippen LogP contribution in [0.15, 0.2) is 322 Å². The largest absolute Gasteiger partial charge is 0.458 e. The first-order valence-corrected chi connectivity index (χ1v) is 29.7. The number of hydrogen-bond acceptors (Lipinski definition) is 7. The molecule has 0 saturated carbocycles. The molecule has 4 aliphatic heterocycles. The van der Waals surface area contributed by atoms with Crippen LogP contribution in [0.3, 0.4) is 0 Å². The number of benzene rings is 13. The standard InChI is InChI=1S/C78H53B2N5O2/c1-9-27-54(28-10-1)81(55-29-11-2-12-30-55)62-45-46-66-73(49-62)86-75-50-64(83(58-35-17-5-18-36-58)59-37-19-6-20-38-59)51-76-78(75)80(66)68-52-67-70(53-74(68)87-76)85(61-41-23-8-24-42-61)72-48-63(82(56-31-13-3-14-32-56)57-33-15-4-16-34-57)47-71-77(72)79(67)65-43-25-26-44-69(65)84(71)60-39-21-7-22-40-60/h1-53H. The Kier molecular flexibility index (Phi) is 11.9. The SMILES string of the molecule is c1ccc(N(c2ccccc2)c2ccc3c(c2)Oc2cc(N(c4ccccc4)c4ccccc4)cc4c2B3c2cc3c(cc2O4)N(c2ccccc2)c2cc(N(c4ccccc4)c4ccccc4)cc4c2B3c2ccccc2N4c2ccccc2)cc1. The quantitative estimate of drug-likeness (QED) is 0.119. The third kappa shape index (κ3) is 8.38. The Morgan fingerprint density at radius 3 is 1.03 bits per heavy atom. The molecule has 9 heteroatoms. The molecule has 17 rings (SSSR count). The lowest BCUT2D eigenvalue weighted by atomic mass is 9.31. The van der Waals surface area contributed by atoms with Gasteiger partial charge in [0, 0.05) is 104 Å². The molecule has 13 aromatic carbocycles. The normalized spacial score (nSPS) is 12.7. The van der Waals surface area contributed by atoms with Crippen LogP contribution >= 0.6 is 0 Å². The van der Waals surface area contributed by atoms with Gasteiger partial charge in [-0.25, -0.2) is 0 Å². The zero-order chi connectivity index (χ0) is 57.4. The van der Waals surface area contributed by atoms with Crippen LogP contribution in [0.4, 0.5) is 85.3 Å². The zero-order valence-electron chi connectivity index (χ0n) is 47.3. The van der Waals surface area contributed by atoms with E-state index in [0.717, 1.165) is 125 Å². The summed E-state index contributed by atoms with van der Waals surface area (Å²) >= 11 is 0. The van der Waals surface area contributed by atoms with Gasteiger partial charge in [0.2, 0.25) is 0 Å². The fraction of sp³-hybridized carbons (Fsp3) is 0. The van der Waals surface area contributed by atoms with Crippen molar-refractivity contribution in [1.29, 1.82) is 0 Å². The number of fused-ring (bicyclic) bond motifs is 8. The van der Waals surface area contributed by atoms with Gasteiger partial charge in [0.25, 0.3) is 13.4 Å². The van der Waals surface area contributed by atoms with Crippen LogP contribution < -0.4 is 66.8 Å². The molecule has 0 fully saturated rings. The average Bonchev–Trinajstić information content (AvgIpc) is 1.53. The van der Waals surface area contributed by atoms with E-state index in [9.17, 15) is 0 Å². The number of hydrogen-bond donors (Lipinski definition) is 0. The van der Waals surface area contributed by atoms with Gasteiger partial charge in [0.15, 0.2) is 0 Å². The van der Waals surface area contributed by atoms with Crippen molar-refractivity contribution in [3.63, 3.8) is 0 Å². The molecule has 87 heavy (non-hydrogen) atoms. The van der Waals surface area contributed by atoms with Crippen LogP contribution in [-0.4, -0.2) is 13.4 Å². The molecular weight excluding hydrogens is 1060 g/mol. The summed E-state index contributed by atoms with van der Waals surface area (Å²) in [5.41, 5.74) is 22.5. The van der Waals surface area contributed by atoms with E-state index in [0.29, 0.717) is 0 Å². The Balaban J connectivity index is 0.930. The van der Waals surface area contributed by atoms with Gasteiger partial charge in [-0.2, -0.15) is 0 Å². The minimum atomic E-state index is -0.266. The van der Waals surface area contributed by atoms with E-state index in [-0.39, 0.29) is 13.4 Å². The van der Waals surface area contributed by atoms with Crippen LogP contribution in [0.1, 0.15) is 0 Å². The molecular formula is C78H53B2N5O2. The van der Waals surface area contributed by atoms with E-state index >= 15 is 0 Å². The summed E-state index contributed by atoms with van der Waals surface area (Å²) in [5.74, 6) is 3.07. The molecule has 0 amide bonds. The fourth-order valence-electron chi connectivity index (χ4n) is 13.8. The van der Waals surface area contributed by atoms with E-state index in [1.165, 1.54) is 16.4 Å². The molecule has 0 aromatic heterocycles. The molecule has 4 heterocycles. The summed E-state index contributed by atoms with van der Waals surface area (Å²) in [6.45, 7) is -0.444. The molecule has 0 atom stereocenters. The van der Waals surface area contributed by atoms with Crippen molar-refractivity contribution in [2.24, 2.45) is 0 Å². The average molecular weight is 1110 g/mol. The first-order valence-electron chi connectivity index (χ1n) is 29.7. The second-order valence-electron chi connectivity index (χ2n) is 22.4. The Morgan fingerprint density at radius 1 is 0.218 bits per heavy atom. The van der Waals surface area contributed by atoms with Gasteiger partial charge in [-0.3, -0.25) is 0 Å². The number of para-hydroxylation sites is 9. The lowest BCUT2D eigenvalue weighted by Gasteiger charge is -2.45. The number of nitrogens with zero attached hydrogens (tertiary/aromatic N) is 5. The number of ether oxygens (including phenoxy) is 2. The van der Waals surface area contributed by atoms with E-state index in [1.807, 2.05) is 0 Å². The van der Waals surface area contributed by atoms with Crippen LogP contribution in [0.25, 0.3) is 0 Å². The molecule has 408 valence electrons. The van der Waals surface area contributed by atoms with Gasteiger partial charge in [0.1, 0.15) is 23.0 Å². The predicted molar refractivity (Wildman–Crippen MR) is 362 cm³/mol. The maximum absolute atomic E-state index is 7.59. The third-order valence-corrected chi connectivity index (χ3v) is 17.4. The molecule has 0 bridgehead atoms. The van der Waals surface area contributed by atoms with E-state index in [4.69, 9.17) is 9.47 Å². The minimum Gasteiger partial charge on any atom is -0.458 e. The molecule has 13 aromatic rings. The third-order valence-electron chi connectivity index (χ3n) is 17.4. The lowest BCUT2D eigenvalue weighted by molar-refractivity contribution is 0.465. The minimum absolute atomic E-state index is 0.178. The highest BCUT2D eigenvalue weighted by atomic mass is 16.5. The van der Waals surface area contributed by atoms with Crippen LogP contribution in [-0.2, 0) is 0 Å². The van der Waals surface area contributed by atoms with Crippen molar-refractivity contribution < 1.29 is 9.47 Å². The summed E-state index contributed by atoms with van der Waals surface area (Å²) in [4.78, 5) is 11.9. The summed E-state index contributed by atoms with van der Waals surface area (Å²) in [6.07, 6.45) is 0. The molecule has 0 unspecified atom stereocenters. The lowest BCUT2D eigenvalue weighted by Crippen LogP contribution is -2.64. The van der Waals surface area contributed by atoms with Crippen LogP contribution in [0.5, 0.6) is 23.0 Å². The maximum atomic E-state index is 7.59. The monoisotopic (exact) mass is 1110 g/mol. The van der Waals surface area contributed by atoms with Gasteiger partial charge in [-0.15, -0.1) is 0 Å². The van der Waals surface area contributed by atoms with Gasteiger partial charge in [-0.1, -0.05) is 176 Å². The van der Waals surface area contributed by atoms with Gasteiger partial charge >= 0.3 is 0 Å². The van der Waals surface area contributed by atoms with Crippen molar-refractivity contribution in [3.8, 4) is 23.0 Å². The Labute approximate surface area is 507 Å². The second-order valence-corrected chi connectivity index (χ2v) is 22.4. The smallest absolute Gasteiger partial charge is 0.260 e. The van der Waals surface area contributed by atoms with Gasteiger partial charge in [0.05, 0.1) is 11.4 Å². The van der Waals surface area contributed by atoms with Crippen LogP contribution in [0, 0.1) is 0 Å². The number of rotatable bonds is 11. The zero-order valence-corrected chi connectivity index (χ0v) is 47.3. The highest BCUT2D eigenvalue weighted by Gasteiger charge is 2.48. The Hall–Kier alpha value is -11.4. The topological polar surface area (TPSA) is 34.7 Å². The van der Waals surface area contributed by atoms with Crippen molar-refractivity contribution in [2.45, 2.75) is 0 Å². The fourth-order valence-corrected chi connectivity index (χ4v) is 13.8. The second kappa shape index (κ2) is 20.7. The molecule has 4 aliphatic rings. The van der Waals surface area contributed by atoms with Crippen molar-refractivity contribution >= 4 is 132 Å². The van der Waals surface area contributed by atoms with Crippen molar-refractivity contribution in [3.05, 3.63) is 322 Å². The number of anilines is 15. The molecule has 0 saturated heterocycles. The predicted octanol–water partition coefficient (Wildman–Crippen LogP) is 16.9. The molecule has 0 aliphatic carbocycles. The Bertz CT molecular complexity index is 4600. The molecule has 0 radical (unpaired) electrons. The maximum Gasteiger partial charge on any atom is 0.260 e. The van der Waals surface area contributed by atoms with E-state index in [2.05, 4.69) is 346 Å². The van der Waals surface area contributed by atoms with Crippen molar-refractivity contribution in [1.82, 2.24) is 0 Å². The highest BCUT2D eigenvalue weighted by molar-refractivity contribution is 7.02. The molecule has 7 nitrogen and oxygen atoms in total. The van der Waals surface area contributed by atoms with E-state index in [1.54, 1.807) is 0 Å². The summed E-state index contributed by atoms with van der Waals surface area (Å²) in [5, 5.41) is 0. The van der Waals surface area contributed by atoms with Crippen LogP contribution in [0.2, 0.25) is 0 Å². The Morgan fingerprint density at radius 2 is 0.575 bits per heavy atom. The first-order chi connectivity index (χ1) is 43.2. The molecule has 0 spiro atoms. The van der Waals surface area contributed by atoms with Crippen molar-refractivity contribution in [2.75, 3.05) is 24.5 Å². The summed E-state index contributed by atoms with van der Waals surface area (Å²) in [7, 11) is 0. The van der Waals surface area contributed by atoms with E-state index < -0.39 is 0 Å². The van der Waals surface area contributed by atoms with Gasteiger partial charge in [-0.05, 0) is 149 Å². The summed E-state index contributed by atoms with van der Waals surface area (Å²) < 4.78 is 15.0.